The molecule has 7 heteroatoms. The Labute approximate surface area is 91.2 Å². The van der Waals surface area contributed by atoms with Gasteiger partial charge in [-0.15, -0.1) is 13.2 Å². The summed E-state index contributed by atoms with van der Waals surface area (Å²) in [7, 11) is 0. The summed E-state index contributed by atoms with van der Waals surface area (Å²) in [4.78, 5) is 2.70. The average molecular weight is 281 g/mol. The van der Waals surface area contributed by atoms with E-state index in [0.29, 0.717) is 5.56 Å². The fourth-order valence-electron chi connectivity index (χ4n) is 0.870. The lowest BCUT2D eigenvalue weighted by Gasteiger charge is -2.10. The maximum Gasteiger partial charge on any atom is 0.573 e. The van der Waals surface area contributed by atoms with Gasteiger partial charge in [0.25, 0.3) is 6.21 Å². The largest absolute Gasteiger partial charge is 0.573 e. The third kappa shape index (κ3) is 3.73. The molecule has 0 N–H and O–H groups in total. The maximum atomic E-state index is 11.9. The van der Waals surface area contributed by atoms with Crippen LogP contribution >= 0.6 is 15.9 Å². The van der Waals surface area contributed by atoms with E-state index >= 15 is 0 Å². The number of benzene rings is 1. The zero-order chi connectivity index (χ0) is 11.5. The van der Waals surface area contributed by atoms with Crippen LogP contribution in [0.25, 0.3) is 5.53 Å². The van der Waals surface area contributed by atoms with Gasteiger partial charge in [-0.1, -0.05) is 0 Å². The molecule has 3 nitrogen and oxygen atoms in total. The fourth-order valence-corrected chi connectivity index (χ4v) is 1.20. The average Bonchev–Trinajstić information content (AvgIpc) is 2.09. The van der Waals surface area contributed by atoms with Gasteiger partial charge in [0.1, 0.15) is 5.75 Å². The zero-order valence-corrected chi connectivity index (χ0v) is 8.71. The third-order valence-corrected chi connectivity index (χ3v) is 2.04. The lowest BCUT2D eigenvalue weighted by molar-refractivity contribution is -0.274. The minimum absolute atomic E-state index is 0.162. The summed E-state index contributed by atoms with van der Waals surface area (Å²) in [6.07, 6.45) is -3.76. The van der Waals surface area contributed by atoms with E-state index in [4.69, 9.17) is 5.53 Å². The molecule has 0 bridgehead atoms. The number of hydrogen-bond donors (Lipinski definition) is 0. The second-order valence-corrected chi connectivity index (χ2v) is 3.34. The molecule has 0 aliphatic rings. The molecule has 0 aliphatic carbocycles. The van der Waals surface area contributed by atoms with E-state index in [0.717, 1.165) is 12.3 Å². The molecule has 1 aromatic carbocycles. The molecule has 0 aromatic heterocycles. The normalized spacial score (nSPS) is 10.7. The molecule has 0 saturated heterocycles. The second kappa shape index (κ2) is 4.46. The van der Waals surface area contributed by atoms with Crippen molar-refractivity contribution in [2.24, 2.45) is 0 Å². The molecule has 0 saturated carbocycles. The number of rotatable bonds is 2. The number of ether oxygens (including phenoxy) is 1. The van der Waals surface area contributed by atoms with Crippen molar-refractivity contribution in [1.82, 2.24) is 0 Å². The summed E-state index contributed by atoms with van der Waals surface area (Å²) in [5.74, 6) is -0.389. The van der Waals surface area contributed by atoms with Crippen molar-refractivity contribution in [1.29, 1.82) is 0 Å². The lowest BCUT2D eigenvalue weighted by Crippen LogP contribution is -2.17. The number of nitrogens with zero attached hydrogens (tertiary/aromatic N) is 2. The molecule has 0 aliphatic heterocycles. The molecule has 15 heavy (non-hydrogen) atoms. The Kier molecular flexibility index (Phi) is 3.49. The van der Waals surface area contributed by atoms with Gasteiger partial charge in [0.2, 0.25) is 0 Å². The maximum absolute atomic E-state index is 11.9. The number of hydrogen-bond acceptors (Lipinski definition) is 1. The molecule has 80 valence electrons. The van der Waals surface area contributed by atoms with Gasteiger partial charge >= 0.3 is 6.36 Å². The summed E-state index contributed by atoms with van der Waals surface area (Å²) < 4.78 is 39.6. The van der Waals surface area contributed by atoms with Crippen LogP contribution in [0.2, 0.25) is 0 Å². The Morgan fingerprint density at radius 2 is 2.07 bits per heavy atom. The van der Waals surface area contributed by atoms with Gasteiger partial charge in [-0.2, -0.15) is 4.79 Å². The Balaban J connectivity index is 3.05. The van der Waals surface area contributed by atoms with Crippen LogP contribution in [0.5, 0.6) is 5.75 Å². The van der Waals surface area contributed by atoms with Crippen LogP contribution in [-0.4, -0.2) is 17.4 Å². The highest BCUT2D eigenvalue weighted by atomic mass is 79.9. The molecular formula is C8H4BrF3N2O. The van der Waals surface area contributed by atoms with Crippen molar-refractivity contribution in [2.45, 2.75) is 6.36 Å². The molecule has 1 rings (SSSR count). The van der Waals surface area contributed by atoms with E-state index in [2.05, 4.69) is 25.5 Å². The minimum Gasteiger partial charge on any atom is -0.405 e. The van der Waals surface area contributed by atoms with E-state index in [1.807, 2.05) is 0 Å². The van der Waals surface area contributed by atoms with Crippen LogP contribution in [-0.2, 0) is 0 Å². The smallest absolute Gasteiger partial charge is 0.405 e. The van der Waals surface area contributed by atoms with Crippen molar-refractivity contribution in [3.8, 4) is 5.75 Å². The Bertz CT molecular complexity index is 413. The minimum atomic E-state index is -4.75. The molecule has 0 atom stereocenters. The third-order valence-electron chi connectivity index (χ3n) is 1.39. The molecule has 0 spiro atoms. The Morgan fingerprint density at radius 1 is 1.40 bits per heavy atom. The standard InChI is InChI=1S/C8H4BrF3N2O/c9-6-2-1-5(4-14-13)3-7(6)15-8(10,11)12/h1-4H. The molecule has 0 fully saturated rings. The Morgan fingerprint density at radius 3 is 2.60 bits per heavy atom. The highest BCUT2D eigenvalue weighted by Crippen LogP contribution is 2.30. The van der Waals surface area contributed by atoms with Crippen LogP contribution in [0.1, 0.15) is 5.56 Å². The van der Waals surface area contributed by atoms with Gasteiger partial charge in [-0.25, -0.2) is 0 Å². The molecule has 1 aromatic rings. The van der Waals surface area contributed by atoms with Crippen molar-refractivity contribution in [2.75, 3.05) is 0 Å². The predicted molar refractivity (Wildman–Crippen MR) is 49.6 cm³/mol. The van der Waals surface area contributed by atoms with Gasteiger partial charge in [-0.3, -0.25) is 0 Å². The Hall–Kier alpha value is -1.33. The van der Waals surface area contributed by atoms with Crippen molar-refractivity contribution >= 4 is 22.1 Å². The first-order chi connectivity index (χ1) is 6.92. The van der Waals surface area contributed by atoms with Crippen LogP contribution in [0.3, 0.4) is 0 Å². The highest BCUT2D eigenvalue weighted by Gasteiger charge is 2.32. The summed E-state index contributed by atoms with van der Waals surface area (Å²) in [6, 6.07) is 3.92. The predicted octanol–water partition coefficient (Wildman–Crippen LogP) is 3.00. The number of halogens is 4. The van der Waals surface area contributed by atoms with E-state index in [1.165, 1.54) is 12.1 Å². The van der Waals surface area contributed by atoms with Crippen LogP contribution < -0.4 is 4.74 Å². The fraction of sp³-hybridized carbons (Fsp3) is 0.125. The molecule has 0 unspecified atom stereocenters. The molecule has 0 radical (unpaired) electrons. The van der Waals surface area contributed by atoms with Gasteiger partial charge in [0.15, 0.2) is 0 Å². The molecule has 0 heterocycles. The lowest BCUT2D eigenvalue weighted by atomic mass is 10.2. The van der Waals surface area contributed by atoms with Crippen molar-refractivity contribution in [3.63, 3.8) is 0 Å². The first kappa shape index (κ1) is 11.7. The summed E-state index contributed by atoms with van der Waals surface area (Å²) in [5, 5.41) is 0. The van der Waals surface area contributed by atoms with E-state index < -0.39 is 6.36 Å². The SMILES string of the molecule is [N-]=[N+]=Cc1ccc(Br)c(OC(F)(F)F)c1. The first-order valence-electron chi connectivity index (χ1n) is 3.65. The van der Waals surface area contributed by atoms with E-state index in [9.17, 15) is 13.2 Å². The van der Waals surface area contributed by atoms with Gasteiger partial charge < -0.3 is 10.3 Å². The topological polar surface area (TPSA) is 45.6 Å². The number of alkyl halides is 3. The molecule has 0 amide bonds. The summed E-state index contributed by atoms with van der Waals surface area (Å²) >= 11 is 2.90. The van der Waals surface area contributed by atoms with Crippen LogP contribution in [0.4, 0.5) is 13.2 Å². The van der Waals surface area contributed by atoms with Crippen molar-refractivity contribution < 1.29 is 22.7 Å². The van der Waals surface area contributed by atoms with E-state index in [1.54, 1.807) is 0 Å². The second-order valence-electron chi connectivity index (χ2n) is 2.48. The summed E-state index contributed by atoms with van der Waals surface area (Å²) in [5.41, 5.74) is 8.50. The first-order valence-corrected chi connectivity index (χ1v) is 4.44. The van der Waals surface area contributed by atoms with Crippen molar-refractivity contribution in [3.05, 3.63) is 33.8 Å². The zero-order valence-electron chi connectivity index (χ0n) is 7.12. The van der Waals surface area contributed by atoms with Crippen LogP contribution in [0.15, 0.2) is 22.7 Å². The monoisotopic (exact) mass is 280 g/mol. The van der Waals surface area contributed by atoms with Gasteiger partial charge in [-0.05, 0) is 34.1 Å². The summed E-state index contributed by atoms with van der Waals surface area (Å²) in [6.45, 7) is 0. The highest BCUT2D eigenvalue weighted by molar-refractivity contribution is 9.10. The van der Waals surface area contributed by atoms with E-state index in [-0.39, 0.29) is 10.2 Å². The quantitative estimate of drug-likeness (QED) is 0.467. The van der Waals surface area contributed by atoms with Crippen LogP contribution in [0, 0.1) is 0 Å². The molecular weight excluding hydrogens is 277 g/mol. The van der Waals surface area contributed by atoms with Gasteiger partial charge in [0, 0.05) is 0 Å². The van der Waals surface area contributed by atoms with Gasteiger partial charge in [0.05, 0.1) is 10.0 Å².